The van der Waals surface area contributed by atoms with Crippen molar-refractivity contribution >= 4 is 23.3 Å². The molecule has 0 bridgehead atoms. The Labute approximate surface area is 207 Å². The molecule has 0 unspecified atom stereocenters. The van der Waals surface area contributed by atoms with Crippen molar-refractivity contribution in [3.05, 3.63) is 70.4 Å². The Bertz CT molecular complexity index is 1220. The minimum absolute atomic E-state index is 0.0117. The summed E-state index contributed by atoms with van der Waals surface area (Å²) in [6.45, 7) is 1.86. The Hall–Kier alpha value is -3.30. The van der Waals surface area contributed by atoms with Gasteiger partial charge in [-0.2, -0.15) is 0 Å². The minimum Gasteiger partial charge on any atom is -0.475 e. The van der Waals surface area contributed by atoms with Crippen LogP contribution in [0.15, 0.2) is 42.6 Å². The molecule has 1 amide bonds. The maximum absolute atomic E-state index is 14.0. The monoisotopic (exact) mass is 501 g/mol. The van der Waals surface area contributed by atoms with Gasteiger partial charge in [-0.25, -0.2) is 18.7 Å². The van der Waals surface area contributed by atoms with E-state index >= 15 is 0 Å². The van der Waals surface area contributed by atoms with Crippen molar-refractivity contribution in [1.29, 1.82) is 0 Å². The van der Waals surface area contributed by atoms with Crippen LogP contribution < -0.4 is 15.8 Å². The maximum Gasteiger partial charge on any atom is 0.257 e. The standard InChI is InChI=1S/C25H26ClF2N5O2/c1-33-10-7-17(8-11-33)31-24(34)16-4-2-3-15(13-16)21-14-30-23(29)25(32-21)35-12-9-18-19(27)5-6-20(28)22(18)26/h2-6,13-14,17H,7-12H2,1H3,(H2,29,30)(H,31,34). The number of piperidine rings is 1. The molecule has 1 aliphatic heterocycles. The van der Waals surface area contributed by atoms with Crippen molar-refractivity contribution in [2.75, 3.05) is 32.5 Å². The molecular formula is C25H26ClF2N5O2. The highest BCUT2D eigenvalue weighted by Gasteiger charge is 2.20. The van der Waals surface area contributed by atoms with Crippen LogP contribution in [0.5, 0.6) is 5.88 Å². The molecule has 3 N–H and O–H groups in total. The minimum atomic E-state index is -0.705. The molecule has 1 fully saturated rings. The van der Waals surface area contributed by atoms with Gasteiger partial charge in [0.1, 0.15) is 11.6 Å². The van der Waals surface area contributed by atoms with Crippen molar-refractivity contribution in [3.8, 4) is 17.1 Å². The summed E-state index contributed by atoms with van der Waals surface area (Å²) in [5.41, 5.74) is 7.54. The Balaban J connectivity index is 1.44. The quantitative estimate of drug-likeness (QED) is 0.473. The zero-order chi connectivity index (χ0) is 24.9. The molecule has 0 saturated carbocycles. The molecule has 1 saturated heterocycles. The average molecular weight is 502 g/mol. The van der Waals surface area contributed by atoms with Gasteiger partial charge in [-0.3, -0.25) is 4.79 Å². The number of anilines is 1. The van der Waals surface area contributed by atoms with Gasteiger partial charge in [0.05, 0.1) is 23.5 Å². The predicted octanol–water partition coefficient (Wildman–Crippen LogP) is 4.10. The molecular weight excluding hydrogens is 476 g/mol. The molecule has 4 rings (SSSR count). The normalized spacial score (nSPS) is 14.6. The van der Waals surface area contributed by atoms with Crippen LogP contribution in [0.25, 0.3) is 11.3 Å². The van der Waals surface area contributed by atoms with E-state index in [0.717, 1.165) is 38.1 Å². The molecule has 0 atom stereocenters. The first kappa shape index (κ1) is 24.8. The Kier molecular flexibility index (Phi) is 7.77. The molecule has 1 aliphatic rings. The lowest BCUT2D eigenvalue weighted by Crippen LogP contribution is -2.43. The highest BCUT2D eigenvalue weighted by molar-refractivity contribution is 6.31. The van der Waals surface area contributed by atoms with Gasteiger partial charge in [0.15, 0.2) is 5.82 Å². The molecule has 7 nitrogen and oxygen atoms in total. The molecule has 0 radical (unpaired) electrons. The fourth-order valence-electron chi connectivity index (χ4n) is 3.92. The fourth-order valence-corrected chi connectivity index (χ4v) is 4.16. The molecule has 35 heavy (non-hydrogen) atoms. The lowest BCUT2D eigenvalue weighted by molar-refractivity contribution is 0.0917. The number of ether oxygens (including phenoxy) is 1. The number of rotatable bonds is 7. The summed E-state index contributed by atoms with van der Waals surface area (Å²) in [6, 6.07) is 9.18. The molecule has 1 aromatic heterocycles. The Morgan fingerprint density at radius 1 is 1.23 bits per heavy atom. The molecule has 0 spiro atoms. The van der Waals surface area contributed by atoms with Crippen LogP contribution in [0.2, 0.25) is 5.02 Å². The summed E-state index contributed by atoms with van der Waals surface area (Å²) in [5, 5.41) is 2.82. The maximum atomic E-state index is 14.0. The van der Waals surface area contributed by atoms with Crippen molar-refractivity contribution in [3.63, 3.8) is 0 Å². The third kappa shape index (κ3) is 6.04. The van der Waals surface area contributed by atoms with Crippen LogP contribution >= 0.6 is 11.6 Å². The van der Waals surface area contributed by atoms with Crippen molar-refractivity contribution in [2.24, 2.45) is 0 Å². The molecule has 2 heterocycles. The zero-order valence-electron chi connectivity index (χ0n) is 19.2. The largest absolute Gasteiger partial charge is 0.475 e. The summed E-state index contributed by atoms with van der Waals surface area (Å²) >= 11 is 5.87. The van der Waals surface area contributed by atoms with E-state index in [9.17, 15) is 13.6 Å². The SMILES string of the molecule is CN1CCC(NC(=O)c2cccc(-c3cnc(N)c(OCCc4c(F)ccc(F)c4Cl)n3)c2)CC1. The summed E-state index contributed by atoms with van der Waals surface area (Å²) in [5.74, 6) is -1.37. The average Bonchev–Trinajstić information content (AvgIpc) is 2.86. The summed E-state index contributed by atoms with van der Waals surface area (Å²) in [7, 11) is 2.07. The van der Waals surface area contributed by atoms with E-state index in [0.29, 0.717) is 16.8 Å². The number of aromatic nitrogens is 2. The van der Waals surface area contributed by atoms with Crippen LogP contribution in [0.4, 0.5) is 14.6 Å². The van der Waals surface area contributed by atoms with Gasteiger partial charge in [-0.15, -0.1) is 0 Å². The highest BCUT2D eigenvalue weighted by Crippen LogP contribution is 2.26. The fraction of sp³-hybridized carbons (Fsp3) is 0.320. The van der Waals surface area contributed by atoms with Crippen LogP contribution in [-0.4, -0.2) is 53.6 Å². The van der Waals surface area contributed by atoms with E-state index < -0.39 is 11.6 Å². The highest BCUT2D eigenvalue weighted by atomic mass is 35.5. The number of nitrogens with one attached hydrogen (secondary N) is 1. The first-order valence-corrected chi connectivity index (χ1v) is 11.7. The van der Waals surface area contributed by atoms with Crippen LogP contribution in [0, 0.1) is 11.6 Å². The number of hydrogen-bond acceptors (Lipinski definition) is 6. The predicted molar refractivity (Wildman–Crippen MR) is 130 cm³/mol. The lowest BCUT2D eigenvalue weighted by Gasteiger charge is -2.29. The smallest absolute Gasteiger partial charge is 0.257 e. The summed E-state index contributed by atoms with van der Waals surface area (Å²) in [4.78, 5) is 23.6. The van der Waals surface area contributed by atoms with Gasteiger partial charge in [-0.05, 0) is 57.2 Å². The van der Waals surface area contributed by atoms with E-state index in [1.165, 1.54) is 6.20 Å². The van der Waals surface area contributed by atoms with Crippen LogP contribution in [0.3, 0.4) is 0 Å². The third-order valence-electron chi connectivity index (χ3n) is 5.97. The second-order valence-corrected chi connectivity index (χ2v) is 8.88. The molecule has 184 valence electrons. The van der Waals surface area contributed by atoms with Gasteiger partial charge in [0, 0.05) is 29.2 Å². The summed E-state index contributed by atoms with van der Waals surface area (Å²) in [6.07, 6.45) is 3.33. The van der Waals surface area contributed by atoms with Gasteiger partial charge < -0.3 is 20.7 Å². The van der Waals surface area contributed by atoms with E-state index in [1.54, 1.807) is 24.3 Å². The molecule has 2 aromatic carbocycles. The number of nitrogens with zero attached hydrogens (tertiary/aromatic N) is 3. The number of nitrogen functional groups attached to an aromatic ring is 1. The van der Waals surface area contributed by atoms with Crippen molar-refractivity contribution < 1.29 is 18.3 Å². The number of nitrogens with two attached hydrogens (primary N) is 1. The summed E-state index contributed by atoms with van der Waals surface area (Å²) < 4.78 is 33.2. The van der Waals surface area contributed by atoms with Crippen LogP contribution in [-0.2, 0) is 6.42 Å². The van der Waals surface area contributed by atoms with E-state index in [1.807, 2.05) is 0 Å². The molecule has 3 aromatic rings. The van der Waals surface area contributed by atoms with Crippen molar-refractivity contribution in [1.82, 2.24) is 20.2 Å². The van der Waals surface area contributed by atoms with Crippen LogP contribution in [0.1, 0.15) is 28.8 Å². The van der Waals surface area contributed by atoms with E-state index in [-0.39, 0.29) is 47.3 Å². The number of likely N-dealkylation sites (tertiary alicyclic amines) is 1. The Morgan fingerprint density at radius 2 is 1.97 bits per heavy atom. The number of benzene rings is 2. The molecule has 10 heteroatoms. The number of halogens is 3. The topological polar surface area (TPSA) is 93.4 Å². The lowest BCUT2D eigenvalue weighted by atomic mass is 10.0. The number of carbonyl (C=O) groups is 1. The number of carbonyl (C=O) groups excluding carboxylic acids is 1. The van der Waals surface area contributed by atoms with E-state index in [2.05, 4.69) is 27.2 Å². The van der Waals surface area contributed by atoms with Gasteiger partial charge in [0.2, 0.25) is 0 Å². The van der Waals surface area contributed by atoms with Crippen molar-refractivity contribution in [2.45, 2.75) is 25.3 Å². The van der Waals surface area contributed by atoms with Gasteiger partial charge in [0.25, 0.3) is 11.8 Å². The second-order valence-electron chi connectivity index (χ2n) is 8.50. The van der Waals surface area contributed by atoms with Gasteiger partial charge in [-0.1, -0.05) is 23.7 Å². The van der Waals surface area contributed by atoms with Gasteiger partial charge >= 0.3 is 0 Å². The third-order valence-corrected chi connectivity index (χ3v) is 6.38. The zero-order valence-corrected chi connectivity index (χ0v) is 20.0. The Morgan fingerprint density at radius 3 is 2.74 bits per heavy atom. The first-order valence-electron chi connectivity index (χ1n) is 11.3. The second kappa shape index (κ2) is 11.0. The number of amides is 1. The molecule has 0 aliphatic carbocycles. The first-order chi connectivity index (χ1) is 16.8. The van der Waals surface area contributed by atoms with E-state index in [4.69, 9.17) is 22.1 Å². The number of hydrogen-bond donors (Lipinski definition) is 2.